The lowest BCUT2D eigenvalue weighted by Gasteiger charge is -2.31. The molecule has 34 heavy (non-hydrogen) atoms. The van der Waals surface area contributed by atoms with Gasteiger partial charge in [0.05, 0.1) is 23.7 Å². The van der Waals surface area contributed by atoms with Gasteiger partial charge < -0.3 is 19.7 Å². The lowest BCUT2D eigenvalue weighted by atomic mass is 10.1. The van der Waals surface area contributed by atoms with E-state index in [1.54, 1.807) is 12.1 Å². The minimum atomic E-state index is -3.79. The summed E-state index contributed by atoms with van der Waals surface area (Å²) in [6, 6.07) is 10.2. The van der Waals surface area contributed by atoms with E-state index in [0.29, 0.717) is 24.6 Å². The maximum Gasteiger partial charge on any atom is 0.387 e. The number of halogens is 2. The maximum absolute atomic E-state index is 13.3. The van der Waals surface area contributed by atoms with Gasteiger partial charge in [-0.2, -0.15) is 13.1 Å². The number of amides is 1. The van der Waals surface area contributed by atoms with E-state index in [-0.39, 0.29) is 29.3 Å². The van der Waals surface area contributed by atoms with Crippen LogP contribution in [0.4, 0.5) is 20.2 Å². The lowest BCUT2D eigenvalue weighted by Crippen LogP contribution is -2.40. The van der Waals surface area contributed by atoms with Crippen LogP contribution in [0.25, 0.3) is 0 Å². The van der Waals surface area contributed by atoms with Crippen LogP contribution in [-0.4, -0.2) is 64.6 Å². The Hall–Kier alpha value is -2.76. The monoisotopic (exact) mass is 495 g/mol. The number of carbonyl (C=O) groups is 1. The number of anilines is 2. The third-order valence-corrected chi connectivity index (χ3v) is 7.75. The minimum absolute atomic E-state index is 0.0272. The maximum atomic E-state index is 13.3. The molecule has 0 atom stereocenters. The number of hydrogen-bond donors (Lipinski definition) is 1. The normalized spacial score (nSPS) is 17.6. The first kappa shape index (κ1) is 24.4. The molecule has 2 aromatic carbocycles. The summed E-state index contributed by atoms with van der Waals surface area (Å²) < 4.78 is 62.1. The molecule has 2 heterocycles. The number of ether oxygens (including phenoxy) is 2. The fourth-order valence-corrected chi connectivity index (χ4v) is 5.56. The van der Waals surface area contributed by atoms with Crippen molar-refractivity contribution in [2.45, 2.75) is 30.8 Å². The summed E-state index contributed by atoms with van der Waals surface area (Å²) in [4.78, 5) is 15.4. The summed E-state index contributed by atoms with van der Waals surface area (Å²) in [5, 5.41) is 2.74. The fourth-order valence-electron chi connectivity index (χ4n) is 4.12. The number of nitrogens with zero attached hydrogens (tertiary/aromatic N) is 2. The summed E-state index contributed by atoms with van der Waals surface area (Å²) in [5.41, 5.74) is 1.28. The molecule has 184 valence electrons. The van der Waals surface area contributed by atoms with Gasteiger partial charge in [-0.3, -0.25) is 4.79 Å². The van der Waals surface area contributed by atoms with Crippen LogP contribution < -0.4 is 15.0 Å². The van der Waals surface area contributed by atoms with Crippen LogP contribution in [0.15, 0.2) is 47.4 Å². The Balaban J connectivity index is 1.63. The first-order valence-corrected chi connectivity index (χ1v) is 12.6. The van der Waals surface area contributed by atoms with Crippen molar-refractivity contribution in [3.05, 3.63) is 48.0 Å². The Morgan fingerprint density at radius 3 is 2.29 bits per heavy atom. The molecule has 11 heteroatoms. The van der Waals surface area contributed by atoms with Crippen LogP contribution in [0.3, 0.4) is 0 Å². The SMILES string of the molecule is O=C(Nc1ccc(OC(F)F)cc1)c1cc(S(=O)(=O)N2CCOCC2)ccc1N1CCCCC1. The molecular formula is C23H27F2N3O5S. The second-order valence-corrected chi connectivity index (χ2v) is 10.0. The zero-order valence-corrected chi connectivity index (χ0v) is 19.4. The van der Waals surface area contributed by atoms with Gasteiger partial charge in [-0.25, -0.2) is 8.42 Å². The Labute approximate surface area is 197 Å². The second kappa shape index (κ2) is 10.7. The molecule has 4 rings (SSSR count). The van der Waals surface area contributed by atoms with E-state index in [0.717, 1.165) is 32.4 Å². The molecule has 0 bridgehead atoms. The summed E-state index contributed by atoms with van der Waals surface area (Å²) >= 11 is 0. The van der Waals surface area contributed by atoms with E-state index >= 15 is 0 Å². The van der Waals surface area contributed by atoms with Crippen molar-refractivity contribution in [3.63, 3.8) is 0 Å². The summed E-state index contributed by atoms with van der Waals surface area (Å²) in [6.07, 6.45) is 3.08. The fraction of sp³-hybridized carbons (Fsp3) is 0.435. The average Bonchev–Trinajstić information content (AvgIpc) is 2.85. The number of piperidine rings is 1. The van der Waals surface area contributed by atoms with E-state index in [4.69, 9.17) is 4.74 Å². The average molecular weight is 496 g/mol. The molecule has 0 spiro atoms. The van der Waals surface area contributed by atoms with Crippen molar-refractivity contribution < 1.29 is 31.5 Å². The number of rotatable bonds is 7. The predicted molar refractivity (Wildman–Crippen MR) is 123 cm³/mol. The molecule has 2 aliphatic rings. The van der Waals surface area contributed by atoms with Crippen molar-refractivity contribution in [2.24, 2.45) is 0 Å². The number of morpholine rings is 1. The zero-order valence-electron chi connectivity index (χ0n) is 18.6. The Bertz CT molecular complexity index is 1100. The molecule has 0 radical (unpaired) electrons. The Kier molecular flexibility index (Phi) is 7.64. The third kappa shape index (κ3) is 5.65. The van der Waals surface area contributed by atoms with Gasteiger partial charge in [-0.05, 0) is 61.7 Å². The van der Waals surface area contributed by atoms with E-state index in [9.17, 15) is 22.0 Å². The van der Waals surface area contributed by atoms with Gasteiger partial charge in [-0.1, -0.05) is 0 Å². The molecule has 0 aromatic heterocycles. The van der Waals surface area contributed by atoms with Crippen molar-refractivity contribution in [1.82, 2.24) is 4.31 Å². The summed E-state index contributed by atoms with van der Waals surface area (Å²) in [7, 11) is -3.79. The quantitative estimate of drug-likeness (QED) is 0.632. The molecule has 0 aliphatic carbocycles. The summed E-state index contributed by atoms with van der Waals surface area (Å²) in [5.74, 6) is -0.511. The van der Waals surface area contributed by atoms with Crippen LogP contribution in [0.1, 0.15) is 29.6 Å². The number of nitrogens with one attached hydrogen (secondary N) is 1. The molecule has 2 aromatic rings. The predicted octanol–water partition coefficient (Wildman–Crippen LogP) is 3.55. The van der Waals surface area contributed by atoms with E-state index in [1.165, 1.54) is 34.6 Å². The first-order chi connectivity index (χ1) is 16.3. The molecule has 2 fully saturated rings. The van der Waals surface area contributed by atoms with Crippen molar-refractivity contribution >= 4 is 27.3 Å². The van der Waals surface area contributed by atoms with Crippen LogP contribution in [0.5, 0.6) is 5.75 Å². The summed E-state index contributed by atoms with van der Waals surface area (Å²) in [6.45, 7) is -0.239. The Morgan fingerprint density at radius 2 is 1.65 bits per heavy atom. The molecule has 1 amide bonds. The second-order valence-electron chi connectivity index (χ2n) is 8.10. The number of hydrogen-bond acceptors (Lipinski definition) is 6. The number of sulfonamides is 1. The van der Waals surface area contributed by atoms with Crippen LogP contribution in [-0.2, 0) is 14.8 Å². The van der Waals surface area contributed by atoms with Gasteiger partial charge in [0.2, 0.25) is 10.0 Å². The van der Waals surface area contributed by atoms with E-state index < -0.39 is 22.5 Å². The molecular weight excluding hydrogens is 468 g/mol. The minimum Gasteiger partial charge on any atom is -0.435 e. The standard InChI is InChI=1S/C23H27F2N3O5S/c24-23(25)33-18-6-4-17(5-7-18)26-22(29)20-16-19(34(30,31)28-12-14-32-15-13-28)8-9-21(20)27-10-2-1-3-11-27/h4-9,16,23H,1-3,10-15H2,(H,26,29). The van der Waals surface area contributed by atoms with Gasteiger partial charge in [0.1, 0.15) is 5.75 Å². The van der Waals surface area contributed by atoms with Gasteiger partial charge in [-0.15, -0.1) is 0 Å². The first-order valence-electron chi connectivity index (χ1n) is 11.2. The molecule has 2 aliphatic heterocycles. The highest BCUT2D eigenvalue weighted by Gasteiger charge is 2.29. The third-order valence-electron chi connectivity index (χ3n) is 5.85. The van der Waals surface area contributed by atoms with Gasteiger partial charge in [0, 0.05) is 37.6 Å². The Morgan fingerprint density at radius 1 is 0.971 bits per heavy atom. The van der Waals surface area contributed by atoms with Crippen molar-refractivity contribution in [1.29, 1.82) is 0 Å². The van der Waals surface area contributed by atoms with Crippen LogP contribution >= 0.6 is 0 Å². The van der Waals surface area contributed by atoms with Gasteiger partial charge >= 0.3 is 6.61 Å². The number of benzene rings is 2. The van der Waals surface area contributed by atoms with Gasteiger partial charge in [0.25, 0.3) is 5.91 Å². The van der Waals surface area contributed by atoms with Crippen molar-refractivity contribution in [2.75, 3.05) is 49.6 Å². The zero-order chi connectivity index (χ0) is 24.1. The highest BCUT2D eigenvalue weighted by Crippen LogP contribution is 2.29. The molecule has 2 saturated heterocycles. The highest BCUT2D eigenvalue weighted by atomic mass is 32.2. The van der Waals surface area contributed by atoms with Crippen molar-refractivity contribution in [3.8, 4) is 5.75 Å². The van der Waals surface area contributed by atoms with E-state index in [1.807, 2.05) is 0 Å². The number of alkyl halides is 2. The topological polar surface area (TPSA) is 88.2 Å². The largest absolute Gasteiger partial charge is 0.435 e. The van der Waals surface area contributed by atoms with Crippen LogP contribution in [0.2, 0.25) is 0 Å². The molecule has 0 unspecified atom stereocenters. The highest BCUT2D eigenvalue weighted by molar-refractivity contribution is 7.89. The van der Waals surface area contributed by atoms with E-state index in [2.05, 4.69) is 15.0 Å². The molecule has 1 N–H and O–H groups in total. The van der Waals surface area contributed by atoms with Crippen LogP contribution in [0, 0.1) is 0 Å². The number of carbonyl (C=O) groups excluding carboxylic acids is 1. The van der Waals surface area contributed by atoms with Gasteiger partial charge in [0.15, 0.2) is 0 Å². The molecule has 0 saturated carbocycles. The lowest BCUT2D eigenvalue weighted by molar-refractivity contribution is -0.0498. The smallest absolute Gasteiger partial charge is 0.387 e. The molecule has 8 nitrogen and oxygen atoms in total.